The van der Waals surface area contributed by atoms with Gasteiger partial charge in [-0.25, -0.2) is 14.8 Å². The van der Waals surface area contributed by atoms with E-state index in [9.17, 15) is 25.2 Å². The van der Waals surface area contributed by atoms with Gasteiger partial charge >= 0.3 is 5.97 Å². The second-order valence-corrected chi connectivity index (χ2v) is 14.1. The number of aliphatic carboxylic acids is 1. The smallest absolute Gasteiger partial charge is 0.326 e. The van der Waals surface area contributed by atoms with E-state index < -0.39 is 18.1 Å². The molecule has 0 unspecified atom stereocenters. The number of ether oxygens (including phenoxy) is 1. The number of halogens is 3. The molecule has 0 aliphatic heterocycles. The Kier molecular flexibility index (Phi) is 18.8. The number of amides is 1. The molecule has 7 N–H and O–H groups in total. The highest BCUT2D eigenvalue weighted by atomic mass is 35.5. The summed E-state index contributed by atoms with van der Waals surface area (Å²) in [4.78, 5) is 33.7. The number of nitrogen functional groups attached to an aromatic ring is 1. The number of nitrogens with zero attached hydrogens (tertiary/aromatic N) is 4. The fourth-order valence-corrected chi connectivity index (χ4v) is 7.08. The Morgan fingerprint density at radius 1 is 1.02 bits per heavy atom. The van der Waals surface area contributed by atoms with Gasteiger partial charge in [-0.05, 0) is 55.1 Å². The van der Waals surface area contributed by atoms with Crippen molar-refractivity contribution in [1.82, 2.24) is 20.6 Å². The summed E-state index contributed by atoms with van der Waals surface area (Å²) in [5, 5.41) is 39.3. The van der Waals surface area contributed by atoms with Crippen LogP contribution < -0.4 is 26.8 Å². The van der Waals surface area contributed by atoms with E-state index in [-0.39, 0.29) is 60.2 Å². The molecule has 0 aliphatic rings. The minimum absolute atomic E-state index is 0. The standard InChI is InChI=1S/C36H39ClN8O4S2.2ClH/c1-21(2)31(36(47)48)44-33(46)29(5-3-4-14-38)42-15-16-49-26-12-8-22(9-13-26)30-27(17-39)32(41)45-35(28(30)18-40)51-20-25-19-50-34(43-25)23-6-10-24(37)11-7-23;;/h6-13,19,21,29,31,42H,3-5,14-16,20,38H2,1-2H3,(H2,41,45)(H,44,46)(H,47,48);2*1H/t29-,31-;;/m0../s1. The Morgan fingerprint density at radius 2 is 1.68 bits per heavy atom. The molecule has 0 fully saturated rings. The van der Waals surface area contributed by atoms with E-state index in [2.05, 4.69) is 27.8 Å². The molecule has 4 aromatic rings. The quantitative estimate of drug-likeness (QED) is 0.0526. The maximum absolute atomic E-state index is 12.9. The third-order valence-electron chi connectivity index (χ3n) is 7.81. The lowest BCUT2D eigenvalue weighted by molar-refractivity contribution is -0.143. The Labute approximate surface area is 334 Å². The molecular weight excluding hydrogens is 779 g/mol. The van der Waals surface area contributed by atoms with Gasteiger partial charge in [0.2, 0.25) is 5.91 Å². The summed E-state index contributed by atoms with van der Waals surface area (Å²) in [5.74, 6) is -0.757. The van der Waals surface area contributed by atoms with E-state index in [1.807, 2.05) is 29.6 Å². The summed E-state index contributed by atoms with van der Waals surface area (Å²) in [7, 11) is 0. The predicted octanol–water partition coefficient (Wildman–Crippen LogP) is 6.68. The van der Waals surface area contributed by atoms with Gasteiger partial charge in [0.1, 0.15) is 52.0 Å². The third-order valence-corrected chi connectivity index (χ3v) is 10.0. The van der Waals surface area contributed by atoms with Crippen LogP contribution in [-0.4, -0.2) is 58.7 Å². The van der Waals surface area contributed by atoms with Crippen LogP contribution in [0.4, 0.5) is 5.82 Å². The first-order valence-electron chi connectivity index (χ1n) is 16.2. The number of hydrogen-bond acceptors (Lipinski definition) is 12. The van der Waals surface area contributed by atoms with Gasteiger partial charge in [0, 0.05) is 33.8 Å². The summed E-state index contributed by atoms with van der Waals surface area (Å²) in [6.45, 7) is 4.51. The molecule has 2 heterocycles. The minimum atomic E-state index is -1.08. The van der Waals surface area contributed by atoms with Gasteiger partial charge in [-0.15, -0.1) is 36.2 Å². The van der Waals surface area contributed by atoms with Crippen molar-refractivity contribution in [1.29, 1.82) is 10.5 Å². The van der Waals surface area contributed by atoms with Crippen LogP contribution in [0.5, 0.6) is 5.75 Å². The van der Waals surface area contributed by atoms with E-state index in [0.717, 1.165) is 22.7 Å². The average Bonchev–Trinajstić information content (AvgIpc) is 3.59. The van der Waals surface area contributed by atoms with Crippen LogP contribution in [0, 0.1) is 28.6 Å². The number of carbonyl (C=O) groups is 2. The first kappa shape index (κ1) is 45.0. The summed E-state index contributed by atoms with van der Waals surface area (Å²) in [5.41, 5.74) is 14.9. The number of pyridine rings is 1. The van der Waals surface area contributed by atoms with E-state index in [0.29, 0.717) is 58.6 Å². The molecule has 2 aromatic carbocycles. The summed E-state index contributed by atoms with van der Waals surface area (Å²) in [6, 6.07) is 17.1. The molecule has 2 aromatic heterocycles. The number of benzene rings is 2. The topological polar surface area (TPSA) is 213 Å². The van der Waals surface area contributed by atoms with Crippen molar-refractivity contribution in [3.05, 3.63) is 75.8 Å². The summed E-state index contributed by atoms with van der Waals surface area (Å²) >= 11 is 8.83. The number of unbranched alkanes of at least 4 members (excludes halogenated alkanes) is 1. The van der Waals surface area contributed by atoms with Crippen molar-refractivity contribution >= 4 is 77.2 Å². The highest BCUT2D eigenvalue weighted by Gasteiger charge is 2.27. The Hall–Kier alpha value is -4.12. The SMILES string of the molecule is CC(C)[C@H](NC(=O)[C@H](CCCCN)NCCOc1ccc(-c2c(C#N)c(N)nc(SCc3csc(-c4ccc(Cl)cc4)n3)c2C#N)cc1)C(=O)O.Cl.Cl. The molecule has 0 aliphatic carbocycles. The Bertz CT molecular complexity index is 1900. The third kappa shape index (κ3) is 12.5. The van der Waals surface area contributed by atoms with Gasteiger partial charge in [0.15, 0.2) is 0 Å². The normalized spacial score (nSPS) is 11.7. The Balaban J connectivity index is 0.00000486. The lowest BCUT2D eigenvalue weighted by atomic mass is 9.97. The number of nitrogens with one attached hydrogen (secondary N) is 2. The first-order chi connectivity index (χ1) is 24.6. The van der Waals surface area contributed by atoms with Crippen LogP contribution in [0.3, 0.4) is 0 Å². The molecule has 0 spiro atoms. The molecule has 0 saturated carbocycles. The van der Waals surface area contributed by atoms with Crippen LogP contribution in [0.2, 0.25) is 5.02 Å². The minimum Gasteiger partial charge on any atom is -0.492 e. The lowest BCUT2D eigenvalue weighted by Gasteiger charge is -2.23. The monoisotopic (exact) mass is 818 g/mol. The van der Waals surface area contributed by atoms with E-state index >= 15 is 0 Å². The number of thiazole rings is 1. The number of anilines is 1. The van der Waals surface area contributed by atoms with Crippen molar-refractivity contribution in [2.75, 3.05) is 25.4 Å². The highest BCUT2D eigenvalue weighted by Crippen LogP contribution is 2.37. The number of nitrogens with two attached hydrogens (primary N) is 2. The summed E-state index contributed by atoms with van der Waals surface area (Å²) in [6.07, 6.45) is 1.94. The number of hydrogen-bond donors (Lipinski definition) is 5. The number of rotatable bonds is 18. The van der Waals surface area contributed by atoms with Crippen molar-refractivity contribution < 1.29 is 19.4 Å². The van der Waals surface area contributed by atoms with Crippen molar-refractivity contribution in [3.63, 3.8) is 0 Å². The zero-order valence-electron chi connectivity index (χ0n) is 29.0. The number of aromatic nitrogens is 2. The van der Waals surface area contributed by atoms with Crippen LogP contribution in [-0.2, 0) is 15.3 Å². The fraction of sp³-hybridized carbons (Fsp3) is 0.333. The molecule has 12 nitrogen and oxygen atoms in total. The Morgan fingerprint density at radius 3 is 2.28 bits per heavy atom. The van der Waals surface area contributed by atoms with Crippen molar-refractivity contribution in [2.45, 2.75) is 56.0 Å². The van der Waals surface area contributed by atoms with Gasteiger partial charge in [-0.2, -0.15) is 10.5 Å². The van der Waals surface area contributed by atoms with Gasteiger partial charge < -0.3 is 31.9 Å². The van der Waals surface area contributed by atoms with Gasteiger partial charge in [0.25, 0.3) is 0 Å². The van der Waals surface area contributed by atoms with Crippen molar-refractivity contribution in [2.24, 2.45) is 11.7 Å². The van der Waals surface area contributed by atoms with Crippen LogP contribution in [0.25, 0.3) is 21.7 Å². The van der Waals surface area contributed by atoms with Crippen LogP contribution >= 0.6 is 59.5 Å². The molecule has 0 radical (unpaired) electrons. The number of carboxylic acid groups (broad SMARTS) is 1. The molecule has 53 heavy (non-hydrogen) atoms. The van der Waals surface area contributed by atoms with Crippen molar-refractivity contribution in [3.8, 4) is 39.6 Å². The zero-order valence-corrected chi connectivity index (χ0v) is 33.0. The maximum atomic E-state index is 12.9. The van der Waals surface area contributed by atoms with Crippen LogP contribution in [0.1, 0.15) is 49.9 Å². The maximum Gasteiger partial charge on any atom is 0.326 e. The van der Waals surface area contributed by atoms with Gasteiger partial charge in [0.05, 0.1) is 17.3 Å². The largest absolute Gasteiger partial charge is 0.492 e. The molecule has 0 bridgehead atoms. The van der Waals surface area contributed by atoms with E-state index in [4.69, 9.17) is 32.8 Å². The molecule has 0 saturated heterocycles. The summed E-state index contributed by atoms with van der Waals surface area (Å²) < 4.78 is 5.91. The second kappa shape index (κ2) is 22.2. The van der Waals surface area contributed by atoms with E-state index in [1.54, 1.807) is 38.1 Å². The van der Waals surface area contributed by atoms with E-state index in [1.165, 1.54) is 23.1 Å². The molecule has 17 heteroatoms. The van der Waals surface area contributed by atoms with Gasteiger partial charge in [-0.3, -0.25) is 4.79 Å². The first-order valence-corrected chi connectivity index (χ1v) is 18.5. The lowest BCUT2D eigenvalue weighted by Crippen LogP contribution is -2.52. The molecule has 1 amide bonds. The molecular formula is C36H41Cl3N8O4S2. The molecule has 2 atom stereocenters. The fourth-order valence-electron chi connectivity index (χ4n) is 5.14. The van der Waals surface area contributed by atoms with Gasteiger partial charge in [-0.1, -0.05) is 67.9 Å². The number of nitriles is 2. The van der Waals surface area contributed by atoms with Crippen LogP contribution in [0.15, 0.2) is 58.9 Å². The highest BCUT2D eigenvalue weighted by molar-refractivity contribution is 7.98. The molecule has 4 rings (SSSR count). The number of carbonyl (C=O) groups excluding carboxylic acids is 1. The molecule has 282 valence electrons. The second-order valence-electron chi connectivity index (χ2n) is 11.8. The zero-order chi connectivity index (χ0) is 36.9. The number of carboxylic acids is 1. The average molecular weight is 820 g/mol. The number of thioether (sulfide) groups is 1. The predicted molar refractivity (Wildman–Crippen MR) is 215 cm³/mol.